The molecular formula is C14H18N2O3. The van der Waals surface area contributed by atoms with Gasteiger partial charge in [-0.05, 0) is 32.0 Å². The fraction of sp³-hybridized carbons (Fsp3) is 0.357. The van der Waals surface area contributed by atoms with Crippen molar-refractivity contribution in [2.24, 2.45) is 7.05 Å². The van der Waals surface area contributed by atoms with Crippen molar-refractivity contribution in [2.75, 3.05) is 6.54 Å². The lowest BCUT2D eigenvalue weighted by Gasteiger charge is -2.12. The molecule has 2 aromatic rings. The molecule has 1 amide bonds. The zero-order valence-corrected chi connectivity index (χ0v) is 11.3. The van der Waals surface area contributed by atoms with Crippen LogP contribution in [0.15, 0.2) is 28.8 Å². The van der Waals surface area contributed by atoms with Crippen LogP contribution < -0.4 is 5.32 Å². The Morgan fingerprint density at radius 3 is 2.79 bits per heavy atom. The molecule has 1 atom stereocenters. The smallest absolute Gasteiger partial charge is 0.254 e. The minimum atomic E-state index is -0.725. The molecule has 2 N–H and O–H groups in total. The normalized spacial score (nSPS) is 12.4. The number of carbonyl (C=O) groups excluding carboxylic acids is 1. The molecule has 0 aliphatic rings. The van der Waals surface area contributed by atoms with Crippen molar-refractivity contribution in [1.29, 1.82) is 0 Å². The maximum atomic E-state index is 11.9. The van der Waals surface area contributed by atoms with Gasteiger partial charge in [0.2, 0.25) is 0 Å². The lowest BCUT2D eigenvalue weighted by Crippen LogP contribution is -2.29. The first-order valence-corrected chi connectivity index (χ1v) is 6.13. The highest BCUT2D eigenvalue weighted by Gasteiger charge is 2.16. The molecule has 0 bridgehead atoms. The van der Waals surface area contributed by atoms with E-state index in [-0.39, 0.29) is 12.5 Å². The second-order valence-electron chi connectivity index (χ2n) is 4.60. The molecule has 2 aromatic heterocycles. The van der Waals surface area contributed by atoms with Crippen molar-refractivity contribution in [3.05, 3.63) is 47.2 Å². The fourth-order valence-corrected chi connectivity index (χ4v) is 2.07. The maximum absolute atomic E-state index is 11.9. The number of aliphatic hydroxyl groups excluding tert-OH is 1. The summed E-state index contributed by atoms with van der Waals surface area (Å²) in [7, 11) is 1.85. The van der Waals surface area contributed by atoms with Gasteiger partial charge in [0, 0.05) is 25.5 Å². The van der Waals surface area contributed by atoms with Gasteiger partial charge in [-0.3, -0.25) is 4.79 Å². The van der Waals surface area contributed by atoms with Crippen molar-refractivity contribution < 1.29 is 14.3 Å². The van der Waals surface area contributed by atoms with Gasteiger partial charge in [-0.25, -0.2) is 0 Å². The lowest BCUT2D eigenvalue weighted by atomic mass is 10.2. The van der Waals surface area contributed by atoms with Crippen LogP contribution in [0.2, 0.25) is 0 Å². The Morgan fingerprint density at radius 2 is 2.26 bits per heavy atom. The molecule has 0 aromatic carbocycles. The van der Waals surface area contributed by atoms with Gasteiger partial charge in [-0.15, -0.1) is 0 Å². The van der Waals surface area contributed by atoms with Crippen LogP contribution in [-0.4, -0.2) is 22.1 Å². The fourth-order valence-electron chi connectivity index (χ4n) is 2.07. The van der Waals surface area contributed by atoms with Gasteiger partial charge >= 0.3 is 0 Å². The van der Waals surface area contributed by atoms with Crippen LogP contribution in [0, 0.1) is 13.8 Å². The average molecular weight is 262 g/mol. The van der Waals surface area contributed by atoms with Crippen molar-refractivity contribution in [3.8, 4) is 0 Å². The second kappa shape index (κ2) is 5.32. The van der Waals surface area contributed by atoms with Crippen LogP contribution in [0.3, 0.4) is 0 Å². The van der Waals surface area contributed by atoms with E-state index in [0.29, 0.717) is 17.1 Å². The number of nitrogens with zero attached hydrogens (tertiary/aromatic N) is 1. The number of aliphatic hydroxyl groups is 1. The van der Waals surface area contributed by atoms with Crippen LogP contribution in [0.1, 0.15) is 33.7 Å². The summed E-state index contributed by atoms with van der Waals surface area (Å²) in [6, 6.07) is 5.37. The third kappa shape index (κ3) is 2.88. The van der Waals surface area contributed by atoms with Gasteiger partial charge < -0.3 is 19.4 Å². The standard InChI is InChI=1S/C14H18N2O3/c1-9-7-11(10(2)19-9)14(18)15-8-13(17)12-5-4-6-16(12)3/h4-7,13,17H,8H2,1-3H3,(H,15,18). The summed E-state index contributed by atoms with van der Waals surface area (Å²) in [5.74, 6) is 1.05. The maximum Gasteiger partial charge on any atom is 0.254 e. The Balaban J connectivity index is 1.98. The number of nitrogens with one attached hydrogen (secondary N) is 1. The average Bonchev–Trinajstić information content (AvgIpc) is 2.91. The molecule has 5 heteroatoms. The van der Waals surface area contributed by atoms with Crippen LogP contribution in [-0.2, 0) is 7.05 Å². The van der Waals surface area contributed by atoms with E-state index >= 15 is 0 Å². The molecule has 2 heterocycles. The molecule has 0 aliphatic carbocycles. The molecule has 0 saturated carbocycles. The molecule has 2 rings (SSSR count). The summed E-state index contributed by atoms with van der Waals surface area (Å²) in [6.07, 6.45) is 1.13. The topological polar surface area (TPSA) is 67.4 Å². The Morgan fingerprint density at radius 1 is 1.53 bits per heavy atom. The highest BCUT2D eigenvalue weighted by molar-refractivity contribution is 5.95. The summed E-state index contributed by atoms with van der Waals surface area (Å²) in [5.41, 5.74) is 1.27. The van der Waals surface area contributed by atoms with E-state index < -0.39 is 6.10 Å². The van der Waals surface area contributed by atoms with Crippen LogP contribution in [0.4, 0.5) is 0 Å². The number of amides is 1. The summed E-state index contributed by atoms with van der Waals surface area (Å²) >= 11 is 0. The molecule has 19 heavy (non-hydrogen) atoms. The van der Waals surface area contributed by atoms with Crippen molar-refractivity contribution >= 4 is 5.91 Å². The van der Waals surface area contributed by atoms with E-state index in [0.717, 1.165) is 5.69 Å². The highest BCUT2D eigenvalue weighted by Crippen LogP contribution is 2.15. The molecule has 0 spiro atoms. The summed E-state index contributed by atoms with van der Waals surface area (Å²) in [4.78, 5) is 11.9. The Labute approximate surface area is 111 Å². The van der Waals surface area contributed by atoms with Crippen molar-refractivity contribution in [2.45, 2.75) is 20.0 Å². The zero-order valence-electron chi connectivity index (χ0n) is 11.3. The number of carbonyl (C=O) groups is 1. The van der Waals surface area contributed by atoms with E-state index in [1.165, 1.54) is 0 Å². The van der Waals surface area contributed by atoms with Crippen LogP contribution in [0.25, 0.3) is 0 Å². The quantitative estimate of drug-likeness (QED) is 0.881. The van der Waals surface area contributed by atoms with Gasteiger partial charge in [0.25, 0.3) is 5.91 Å². The number of aromatic nitrogens is 1. The first-order valence-electron chi connectivity index (χ1n) is 6.13. The number of furan rings is 1. The SMILES string of the molecule is Cc1cc(C(=O)NCC(O)c2cccn2C)c(C)o1. The second-order valence-corrected chi connectivity index (χ2v) is 4.60. The van der Waals surface area contributed by atoms with Gasteiger partial charge in [-0.1, -0.05) is 0 Å². The zero-order chi connectivity index (χ0) is 14.0. The third-order valence-electron chi connectivity index (χ3n) is 3.07. The minimum absolute atomic E-state index is 0.167. The summed E-state index contributed by atoms with van der Waals surface area (Å²) in [6.45, 7) is 3.71. The largest absolute Gasteiger partial charge is 0.466 e. The predicted molar refractivity (Wildman–Crippen MR) is 70.9 cm³/mol. The number of hydrogen-bond donors (Lipinski definition) is 2. The Bertz CT molecular complexity index is 583. The highest BCUT2D eigenvalue weighted by atomic mass is 16.3. The van der Waals surface area contributed by atoms with Gasteiger partial charge in [-0.2, -0.15) is 0 Å². The van der Waals surface area contributed by atoms with E-state index in [1.807, 2.05) is 29.9 Å². The number of rotatable bonds is 4. The Kier molecular flexibility index (Phi) is 3.76. The third-order valence-corrected chi connectivity index (χ3v) is 3.07. The molecule has 0 fully saturated rings. The van der Waals surface area contributed by atoms with E-state index in [9.17, 15) is 9.90 Å². The van der Waals surface area contributed by atoms with Gasteiger partial charge in [0.05, 0.1) is 5.56 Å². The van der Waals surface area contributed by atoms with E-state index in [2.05, 4.69) is 5.32 Å². The number of aryl methyl sites for hydroxylation is 3. The molecule has 0 saturated heterocycles. The molecule has 0 aliphatic heterocycles. The first-order chi connectivity index (χ1) is 8.99. The van der Waals surface area contributed by atoms with Crippen molar-refractivity contribution in [3.63, 3.8) is 0 Å². The minimum Gasteiger partial charge on any atom is -0.466 e. The van der Waals surface area contributed by atoms with Gasteiger partial charge in [0.15, 0.2) is 0 Å². The van der Waals surface area contributed by atoms with Gasteiger partial charge in [0.1, 0.15) is 17.6 Å². The first kappa shape index (κ1) is 13.4. The summed E-state index contributed by atoms with van der Waals surface area (Å²) < 4.78 is 7.13. The molecule has 1 unspecified atom stereocenters. The number of hydrogen-bond acceptors (Lipinski definition) is 3. The van der Waals surface area contributed by atoms with E-state index in [1.54, 1.807) is 19.9 Å². The molecular weight excluding hydrogens is 244 g/mol. The predicted octanol–water partition coefficient (Wildman–Crippen LogP) is 1.70. The van der Waals surface area contributed by atoms with Crippen molar-refractivity contribution in [1.82, 2.24) is 9.88 Å². The van der Waals surface area contributed by atoms with Crippen LogP contribution >= 0.6 is 0 Å². The van der Waals surface area contributed by atoms with E-state index in [4.69, 9.17) is 4.42 Å². The summed E-state index contributed by atoms with van der Waals surface area (Å²) in [5, 5.41) is 12.7. The molecule has 0 radical (unpaired) electrons. The lowest BCUT2D eigenvalue weighted by molar-refractivity contribution is 0.0911. The Hall–Kier alpha value is -2.01. The molecule has 5 nitrogen and oxygen atoms in total. The van der Waals surface area contributed by atoms with Crippen LogP contribution in [0.5, 0.6) is 0 Å². The monoisotopic (exact) mass is 262 g/mol. The molecule has 102 valence electrons.